The quantitative estimate of drug-likeness (QED) is 0.887. The Bertz CT molecular complexity index is 632. The van der Waals surface area contributed by atoms with Crippen LogP contribution in [-0.4, -0.2) is 31.3 Å². The summed E-state index contributed by atoms with van der Waals surface area (Å²) in [6.45, 7) is 0.256. The van der Waals surface area contributed by atoms with E-state index in [9.17, 15) is 9.50 Å². The van der Waals surface area contributed by atoms with Gasteiger partial charge in [-0.3, -0.25) is 0 Å². The average molecular weight is 291 g/mol. The topological polar surface area (TPSA) is 57.6 Å². The van der Waals surface area contributed by atoms with E-state index in [0.717, 1.165) is 5.69 Å². The first-order valence-corrected chi connectivity index (χ1v) is 6.45. The molecule has 6 heteroatoms. The Morgan fingerprint density at radius 3 is 2.76 bits per heavy atom. The van der Waals surface area contributed by atoms with Crippen LogP contribution in [-0.2, 0) is 6.54 Å². The van der Waals surface area contributed by atoms with Gasteiger partial charge in [0.05, 0.1) is 12.8 Å². The number of hydrogen-bond donors (Lipinski definition) is 2. The zero-order chi connectivity index (χ0) is 15.4. The highest BCUT2D eigenvalue weighted by atomic mass is 19.1. The van der Waals surface area contributed by atoms with Gasteiger partial charge in [-0.05, 0) is 12.1 Å². The molecule has 0 amide bonds. The standard InChI is InChI=1S/C15H18FN3O2/c1-19(2)12-7-8-17-15(21-3)13(12)18-9-10-5-4-6-11(16)14(10)20/h4-8,18,20H,9H2,1-3H3. The lowest BCUT2D eigenvalue weighted by Gasteiger charge is -2.20. The van der Waals surface area contributed by atoms with Crippen molar-refractivity contribution >= 4 is 11.4 Å². The Balaban J connectivity index is 2.29. The van der Waals surface area contributed by atoms with Gasteiger partial charge in [-0.1, -0.05) is 12.1 Å². The van der Waals surface area contributed by atoms with Crippen molar-refractivity contribution in [3.05, 3.63) is 41.8 Å². The Kier molecular flexibility index (Phi) is 4.47. The van der Waals surface area contributed by atoms with E-state index >= 15 is 0 Å². The van der Waals surface area contributed by atoms with Crippen LogP contribution in [0, 0.1) is 5.82 Å². The molecule has 2 rings (SSSR count). The van der Waals surface area contributed by atoms with Crippen LogP contribution in [0.3, 0.4) is 0 Å². The number of ether oxygens (including phenoxy) is 1. The van der Waals surface area contributed by atoms with E-state index < -0.39 is 5.82 Å². The van der Waals surface area contributed by atoms with Gasteiger partial charge < -0.3 is 20.1 Å². The third kappa shape index (κ3) is 3.16. The molecule has 0 aliphatic heterocycles. The van der Waals surface area contributed by atoms with Gasteiger partial charge >= 0.3 is 0 Å². The Morgan fingerprint density at radius 2 is 2.10 bits per heavy atom. The second-order valence-electron chi connectivity index (χ2n) is 4.71. The Labute approximate surface area is 123 Å². The van der Waals surface area contributed by atoms with E-state index in [4.69, 9.17) is 4.74 Å². The van der Waals surface area contributed by atoms with Gasteiger partial charge in [-0.25, -0.2) is 9.37 Å². The van der Waals surface area contributed by atoms with Crippen LogP contribution in [0.2, 0.25) is 0 Å². The molecule has 0 atom stereocenters. The lowest BCUT2D eigenvalue weighted by atomic mass is 10.2. The molecule has 1 aromatic heterocycles. The number of benzene rings is 1. The van der Waals surface area contributed by atoms with Crippen LogP contribution < -0.4 is 15.0 Å². The number of aromatic nitrogens is 1. The van der Waals surface area contributed by atoms with E-state index in [1.165, 1.54) is 13.2 Å². The average Bonchev–Trinajstić information content (AvgIpc) is 2.48. The first-order chi connectivity index (χ1) is 10.0. The number of halogens is 1. The molecule has 0 spiro atoms. The Morgan fingerprint density at radius 1 is 1.33 bits per heavy atom. The number of nitrogens with zero attached hydrogens (tertiary/aromatic N) is 2. The van der Waals surface area contributed by atoms with Crippen LogP contribution in [0.15, 0.2) is 30.5 Å². The summed E-state index contributed by atoms with van der Waals surface area (Å²) in [5.74, 6) is -0.545. The molecule has 1 heterocycles. The number of rotatable bonds is 5. The summed E-state index contributed by atoms with van der Waals surface area (Å²) >= 11 is 0. The summed E-state index contributed by atoms with van der Waals surface area (Å²) in [5, 5.41) is 12.9. The molecule has 0 unspecified atom stereocenters. The number of phenols is 1. The number of anilines is 2. The molecule has 0 saturated heterocycles. The van der Waals surface area contributed by atoms with Gasteiger partial charge in [0.15, 0.2) is 11.6 Å². The predicted molar refractivity (Wildman–Crippen MR) is 80.5 cm³/mol. The summed E-state index contributed by atoms with van der Waals surface area (Å²) in [6, 6.07) is 6.27. The van der Waals surface area contributed by atoms with Gasteiger partial charge in [0, 0.05) is 32.4 Å². The number of hydrogen-bond acceptors (Lipinski definition) is 5. The van der Waals surface area contributed by atoms with Gasteiger partial charge in [0.1, 0.15) is 5.69 Å². The number of nitrogens with one attached hydrogen (secondary N) is 1. The van der Waals surface area contributed by atoms with Crippen molar-refractivity contribution in [1.82, 2.24) is 4.98 Å². The molecule has 21 heavy (non-hydrogen) atoms. The second-order valence-corrected chi connectivity index (χ2v) is 4.71. The summed E-state index contributed by atoms with van der Waals surface area (Å²) in [6.07, 6.45) is 1.65. The van der Waals surface area contributed by atoms with Crippen molar-refractivity contribution in [1.29, 1.82) is 0 Å². The smallest absolute Gasteiger partial charge is 0.239 e. The molecule has 112 valence electrons. The van der Waals surface area contributed by atoms with Gasteiger partial charge in [-0.2, -0.15) is 0 Å². The Hall–Kier alpha value is -2.50. The molecule has 2 aromatic rings. The second kappa shape index (κ2) is 6.30. The molecule has 0 aliphatic carbocycles. The monoisotopic (exact) mass is 291 g/mol. The fourth-order valence-corrected chi connectivity index (χ4v) is 2.01. The van der Waals surface area contributed by atoms with Crippen LogP contribution in [0.5, 0.6) is 11.6 Å². The minimum atomic E-state index is -0.639. The molecule has 5 nitrogen and oxygen atoms in total. The van der Waals surface area contributed by atoms with Crippen LogP contribution >= 0.6 is 0 Å². The number of phenolic OH excluding ortho intramolecular Hbond substituents is 1. The zero-order valence-electron chi connectivity index (χ0n) is 12.2. The molecular formula is C15H18FN3O2. The van der Waals surface area contributed by atoms with Crippen molar-refractivity contribution in [3.63, 3.8) is 0 Å². The highest BCUT2D eigenvalue weighted by molar-refractivity contribution is 5.74. The molecule has 0 fully saturated rings. The lowest BCUT2D eigenvalue weighted by molar-refractivity contribution is 0.399. The van der Waals surface area contributed by atoms with E-state index in [1.54, 1.807) is 18.3 Å². The van der Waals surface area contributed by atoms with Crippen molar-refractivity contribution in [2.75, 3.05) is 31.4 Å². The van der Waals surface area contributed by atoms with E-state index in [0.29, 0.717) is 17.1 Å². The maximum Gasteiger partial charge on any atom is 0.239 e. The van der Waals surface area contributed by atoms with Crippen molar-refractivity contribution < 1.29 is 14.2 Å². The minimum Gasteiger partial charge on any atom is -0.505 e. The molecule has 0 saturated carbocycles. The van der Waals surface area contributed by atoms with Crippen molar-refractivity contribution in [2.24, 2.45) is 0 Å². The maximum atomic E-state index is 13.3. The highest BCUT2D eigenvalue weighted by Gasteiger charge is 2.13. The molecule has 2 N–H and O–H groups in total. The highest BCUT2D eigenvalue weighted by Crippen LogP contribution is 2.33. The van der Waals surface area contributed by atoms with Crippen LogP contribution in [0.4, 0.5) is 15.8 Å². The van der Waals surface area contributed by atoms with E-state index in [-0.39, 0.29) is 12.3 Å². The number of aromatic hydroxyl groups is 1. The lowest BCUT2D eigenvalue weighted by Crippen LogP contribution is -2.13. The zero-order valence-corrected chi connectivity index (χ0v) is 12.2. The molecule has 1 aromatic carbocycles. The van der Waals surface area contributed by atoms with Crippen molar-refractivity contribution in [3.8, 4) is 11.6 Å². The van der Waals surface area contributed by atoms with Crippen molar-refractivity contribution in [2.45, 2.75) is 6.54 Å². The number of pyridine rings is 1. The van der Waals surface area contributed by atoms with Crippen LogP contribution in [0.25, 0.3) is 0 Å². The van der Waals surface area contributed by atoms with Crippen LogP contribution in [0.1, 0.15) is 5.56 Å². The number of methoxy groups -OCH3 is 1. The van der Waals surface area contributed by atoms with Gasteiger partial charge in [0.2, 0.25) is 5.88 Å². The normalized spacial score (nSPS) is 10.3. The SMILES string of the molecule is COc1nccc(N(C)C)c1NCc1cccc(F)c1O. The maximum absolute atomic E-state index is 13.3. The number of para-hydroxylation sites is 1. The molecular weight excluding hydrogens is 273 g/mol. The summed E-state index contributed by atoms with van der Waals surface area (Å²) in [5.41, 5.74) is 2.04. The molecule has 0 bridgehead atoms. The summed E-state index contributed by atoms with van der Waals surface area (Å²) in [4.78, 5) is 6.06. The predicted octanol–water partition coefficient (Wildman–Crippen LogP) is 2.61. The summed E-state index contributed by atoms with van der Waals surface area (Å²) < 4.78 is 18.6. The first-order valence-electron chi connectivity index (χ1n) is 6.45. The minimum absolute atomic E-state index is 0.256. The van der Waals surface area contributed by atoms with E-state index in [2.05, 4.69) is 10.3 Å². The third-order valence-corrected chi connectivity index (χ3v) is 3.10. The van der Waals surface area contributed by atoms with Gasteiger partial charge in [0.25, 0.3) is 0 Å². The fraction of sp³-hybridized carbons (Fsp3) is 0.267. The largest absolute Gasteiger partial charge is 0.505 e. The first kappa shape index (κ1) is 14.9. The summed E-state index contributed by atoms with van der Waals surface area (Å²) in [7, 11) is 5.34. The van der Waals surface area contributed by atoms with E-state index in [1.807, 2.05) is 25.1 Å². The fourth-order valence-electron chi connectivity index (χ4n) is 2.01. The molecule has 0 radical (unpaired) electrons. The third-order valence-electron chi connectivity index (χ3n) is 3.10. The van der Waals surface area contributed by atoms with Gasteiger partial charge in [-0.15, -0.1) is 0 Å². The molecule has 0 aliphatic rings.